The first-order valence-corrected chi connectivity index (χ1v) is 7.07. The maximum absolute atomic E-state index is 9.34. The molecule has 1 heterocycles. The second-order valence-corrected chi connectivity index (χ2v) is 5.36. The summed E-state index contributed by atoms with van der Waals surface area (Å²) >= 11 is 3.38. The molecule has 21 heavy (non-hydrogen) atoms. The first-order chi connectivity index (χ1) is 10.2. The lowest BCUT2D eigenvalue weighted by molar-refractivity contribution is 0.318. The number of methoxy groups -OCH3 is 1. The minimum Gasteiger partial charge on any atom is -0.493 e. The SMILES string of the molecule is COc1cccc2cc(/C(=N\O)c3ccc(Br)cc3)oc12. The summed E-state index contributed by atoms with van der Waals surface area (Å²) in [5.41, 5.74) is 1.77. The zero-order valence-electron chi connectivity index (χ0n) is 11.2. The van der Waals surface area contributed by atoms with Crippen molar-refractivity contribution < 1.29 is 14.4 Å². The van der Waals surface area contributed by atoms with Crippen LogP contribution < -0.4 is 4.74 Å². The van der Waals surface area contributed by atoms with E-state index in [1.54, 1.807) is 7.11 Å². The van der Waals surface area contributed by atoms with Crippen molar-refractivity contribution in [2.75, 3.05) is 7.11 Å². The van der Waals surface area contributed by atoms with Crippen LogP contribution in [0.1, 0.15) is 11.3 Å². The summed E-state index contributed by atoms with van der Waals surface area (Å²) in [5.74, 6) is 1.13. The highest BCUT2D eigenvalue weighted by Gasteiger charge is 2.15. The van der Waals surface area contributed by atoms with E-state index in [0.717, 1.165) is 15.4 Å². The molecule has 0 saturated carbocycles. The molecule has 0 aliphatic heterocycles. The summed E-state index contributed by atoms with van der Waals surface area (Å²) in [5, 5.41) is 13.6. The van der Waals surface area contributed by atoms with Crippen molar-refractivity contribution in [2.45, 2.75) is 0 Å². The maximum Gasteiger partial charge on any atom is 0.176 e. The van der Waals surface area contributed by atoms with Gasteiger partial charge in [-0.05, 0) is 24.3 Å². The van der Waals surface area contributed by atoms with Crippen LogP contribution in [0, 0.1) is 0 Å². The number of rotatable bonds is 3. The molecule has 0 unspecified atom stereocenters. The molecule has 5 heteroatoms. The molecule has 0 fully saturated rings. The number of oxime groups is 1. The van der Waals surface area contributed by atoms with Gasteiger partial charge < -0.3 is 14.4 Å². The van der Waals surface area contributed by atoms with Gasteiger partial charge in [0.15, 0.2) is 22.8 Å². The molecule has 0 saturated heterocycles. The zero-order valence-corrected chi connectivity index (χ0v) is 12.8. The van der Waals surface area contributed by atoms with Crippen molar-refractivity contribution in [2.24, 2.45) is 5.16 Å². The largest absolute Gasteiger partial charge is 0.493 e. The lowest BCUT2D eigenvalue weighted by atomic mass is 10.1. The first-order valence-electron chi connectivity index (χ1n) is 6.28. The molecule has 3 rings (SSSR count). The first kappa shape index (κ1) is 13.7. The van der Waals surface area contributed by atoms with Crippen LogP contribution in [0.2, 0.25) is 0 Å². The van der Waals surface area contributed by atoms with Crippen molar-refractivity contribution in [3.05, 3.63) is 64.3 Å². The Hall–Kier alpha value is -2.27. The molecule has 1 N–H and O–H groups in total. The Morgan fingerprint density at radius 1 is 1.19 bits per heavy atom. The zero-order chi connectivity index (χ0) is 14.8. The molecular weight excluding hydrogens is 334 g/mol. The van der Waals surface area contributed by atoms with Gasteiger partial charge in [-0.3, -0.25) is 0 Å². The van der Waals surface area contributed by atoms with Crippen LogP contribution in [0.25, 0.3) is 11.0 Å². The molecule has 0 spiro atoms. The molecule has 0 amide bonds. The third-order valence-electron chi connectivity index (χ3n) is 3.18. The van der Waals surface area contributed by atoms with Crippen LogP contribution in [-0.4, -0.2) is 18.0 Å². The van der Waals surface area contributed by atoms with Gasteiger partial charge in [0.25, 0.3) is 0 Å². The van der Waals surface area contributed by atoms with Crippen molar-refractivity contribution in [3.63, 3.8) is 0 Å². The standard InChI is InChI=1S/C16H12BrNO3/c1-20-13-4-2-3-11-9-14(21-16(11)13)15(18-19)10-5-7-12(17)8-6-10/h2-9,19H,1H3/b18-15-. The molecular formula is C16H12BrNO3. The lowest BCUT2D eigenvalue weighted by Gasteiger charge is -2.02. The van der Waals surface area contributed by atoms with E-state index in [2.05, 4.69) is 21.1 Å². The van der Waals surface area contributed by atoms with Gasteiger partial charge in [-0.2, -0.15) is 0 Å². The molecule has 0 radical (unpaired) electrons. The van der Waals surface area contributed by atoms with Gasteiger partial charge in [0.05, 0.1) is 7.11 Å². The fraction of sp³-hybridized carbons (Fsp3) is 0.0625. The van der Waals surface area contributed by atoms with Gasteiger partial charge in [-0.15, -0.1) is 0 Å². The van der Waals surface area contributed by atoms with Gasteiger partial charge in [0.1, 0.15) is 0 Å². The van der Waals surface area contributed by atoms with Gasteiger partial charge in [-0.25, -0.2) is 0 Å². The van der Waals surface area contributed by atoms with Crippen LogP contribution in [-0.2, 0) is 0 Å². The fourth-order valence-corrected chi connectivity index (χ4v) is 2.44. The normalized spacial score (nSPS) is 11.8. The highest BCUT2D eigenvalue weighted by atomic mass is 79.9. The van der Waals surface area contributed by atoms with Crippen molar-refractivity contribution >= 4 is 32.6 Å². The average molecular weight is 346 g/mol. The molecule has 0 aliphatic carbocycles. The van der Waals surface area contributed by atoms with Gasteiger partial charge in [0, 0.05) is 15.4 Å². The van der Waals surface area contributed by atoms with Crippen molar-refractivity contribution in [3.8, 4) is 5.75 Å². The summed E-state index contributed by atoms with van der Waals surface area (Å²) in [4.78, 5) is 0. The third-order valence-corrected chi connectivity index (χ3v) is 3.71. The lowest BCUT2D eigenvalue weighted by Crippen LogP contribution is -2.01. The Balaban J connectivity index is 2.12. The Labute approximate surface area is 129 Å². The second-order valence-electron chi connectivity index (χ2n) is 4.44. The van der Waals surface area contributed by atoms with Gasteiger partial charge in [0.2, 0.25) is 0 Å². The number of hydrogen-bond acceptors (Lipinski definition) is 4. The second kappa shape index (κ2) is 5.61. The van der Waals surface area contributed by atoms with E-state index in [1.807, 2.05) is 48.5 Å². The minimum atomic E-state index is 0.376. The number of para-hydroxylation sites is 1. The minimum absolute atomic E-state index is 0.376. The predicted molar refractivity (Wildman–Crippen MR) is 84.3 cm³/mol. The molecule has 3 aromatic rings. The van der Waals surface area contributed by atoms with E-state index >= 15 is 0 Å². The van der Waals surface area contributed by atoms with E-state index in [-0.39, 0.29) is 0 Å². The Kier molecular flexibility index (Phi) is 3.66. The third kappa shape index (κ3) is 2.52. The fourth-order valence-electron chi connectivity index (χ4n) is 2.17. The van der Waals surface area contributed by atoms with Crippen molar-refractivity contribution in [1.82, 2.24) is 0 Å². The monoisotopic (exact) mass is 345 g/mol. The number of furan rings is 1. The van der Waals surface area contributed by atoms with Crippen LogP contribution in [0.15, 0.2) is 62.6 Å². The molecule has 0 bridgehead atoms. The molecule has 0 aliphatic rings. The summed E-state index contributed by atoms with van der Waals surface area (Å²) in [6.07, 6.45) is 0. The average Bonchev–Trinajstić information content (AvgIpc) is 2.93. The van der Waals surface area contributed by atoms with Gasteiger partial charge in [-0.1, -0.05) is 45.4 Å². The Morgan fingerprint density at radius 2 is 1.95 bits per heavy atom. The molecule has 2 aromatic carbocycles. The smallest absolute Gasteiger partial charge is 0.176 e. The quantitative estimate of drug-likeness (QED) is 0.434. The predicted octanol–water partition coefficient (Wildman–Crippen LogP) is 4.43. The highest BCUT2D eigenvalue weighted by Crippen LogP contribution is 2.29. The Bertz CT molecular complexity index is 806. The number of benzene rings is 2. The Morgan fingerprint density at radius 3 is 2.62 bits per heavy atom. The number of fused-ring (bicyclic) bond motifs is 1. The maximum atomic E-state index is 9.34. The van der Waals surface area contributed by atoms with Crippen LogP contribution in [0.3, 0.4) is 0 Å². The number of hydrogen-bond donors (Lipinski definition) is 1. The van der Waals surface area contributed by atoms with Crippen molar-refractivity contribution in [1.29, 1.82) is 0 Å². The summed E-state index contributed by atoms with van der Waals surface area (Å²) in [6, 6.07) is 14.9. The van der Waals surface area contributed by atoms with E-state index in [1.165, 1.54) is 0 Å². The highest BCUT2D eigenvalue weighted by molar-refractivity contribution is 9.10. The van der Waals surface area contributed by atoms with E-state index < -0.39 is 0 Å². The van der Waals surface area contributed by atoms with Crippen LogP contribution in [0.5, 0.6) is 5.75 Å². The van der Waals surface area contributed by atoms with E-state index in [9.17, 15) is 5.21 Å². The van der Waals surface area contributed by atoms with E-state index in [4.69, 9.17) is 9.15 Å². The summed E-state index contributed by atoms with van der Waals surface area (Å²) in [7, 11) is 1.59. The number of ether oxygens (including phenoxy) is 1. The van der Waals surface area contributed by atoms with Gasteiger partial charge >= 0.3 is 0 Å². The molecule has 4 nitrogen and oxygen atoms in total. The van der Waals surface area contributed by atoms with Crippen LogP contribution >= 0.6 is 15.9 Å². The number of nitrogens with zero attached hydrogens (tertiary/aromatic N) is 1. The number of halogens is 1. The summed E-state index contributed by atoms with van der Waals surface area (Å²) < 4.78 is 12.0. The molecule has 106 valence electrons. The summed E-state index contributed by atoms with van der Waals surface area (Å²) in [6.45, 7) is 0. The molecule has 1 aromatic heterocycles. The van der Waals surface area contributed by atoms with Crippen LogP contribution in [0.4, 0.5) is 0 Å². The van der Waals surface area contributed by atoms with E-state index in [0.29, 0.717) is 22.8 Å². The topological polar surface area (TPSA) is 55.0 Å². The molecule has 0 atom stereocenters.